The second kappa shape index (κ2) is 5.96. The van der Waals surface area contributed by atoms with Crippen molar-refractivity contribution in [3.63, 3.8) is 0 Å². The van der Waals surface area contributed by atoms with Crippen LogP contribution in [0.25, 0.3) is 5.65 Å². The number of carbonyl (C=O) groups is 1. The van der Waals surface area contributed by atoms with Gasteiger partial charge in [-0.2, -0.15) is 0 Å². The molecule has 108 valence electrons. The van der Waals surface area contributed by atoms with Crippen LogP contribution in [0.3, 0.4) is 0 Å². The molecule has 0 bridgehead atoms. The van der Waals surface area contributed by atoms with E-state index in [-0.39, 0.29) is 24.4 Å². The molecule has 0 fully saturated rings. The van der Waals surface area contributed by atoms with Gasteiger partial charge in [-0.1, -0.05) is 0 Å². The second-order valence-corrected chi connectivity index (χ2v) is 4.05. The maximum absolute atomic E-state index is 12.9. The Morgan fingerprint density at radius 1 is 1.50 bits per heavy atom. The number of ether oxygens (including phenoxy) is 2. The van der Waals surface area contributed by atoms with Crippen LogP contribution in [0, 0.1) is 0 Å². The molecule has 0 saturated carbocycles. The van der Waals surface area contributed by atoms with Crippen LogP contribution in [0.5, 0.6) is 0 Å². The Labute approximate surface area is 114 Å². The molecule has 0 aliphatic carbocycles. The van der Waals surface area contributed by atoms with Gasteiger partial charge in [-0.25, -0.2) is 18.6 Å². The van der Waals surface area contributed by atoms with Crippen molar-refractivity contribution in [3.8, 4) is 0 Å². The zero-order valence-corrected chi connectivity index (χ0v) is 11.1. The molecule has 0 N–H and O–H groups in total. The van der Waals surface area contributed by atoms with Crippen LogP contribution in [0.1, 0.15) is 35.1 Å². The topological polar surface area (TPSA) is 52.8 Å². The number of hydrogen-bond acceptors (Lipinski definition) is 4. The van der Waals surface area contributed by atoms with Gasteiger partial charge in [-0.05, 0) is 19.1 Å². The van der Waals surface area contributed by atoms with Gasteiger partial charge in [0.05, 0.1) is 18.9 Å². The highest BCUT2D eigenvalue weighted by Gasteiger charge is 2.19. The summed E-state index contributed by atoms with van der Waals surface area (Å²) in [7, 11) is 1.46. The fourth-order valence-electron chi connectivity index (χ4n) is 1.90. The number of esters is 1. The summed E-state index contributed by atoms with van der Waals surface area (Å²) in [6.45, 7) is 2.01. The highest BCUT2D eigenvalue weighted by Crippen LogP contribution is 2.22. The van der Waals surface area contributed by atoms with E-state index < -0.39 is 18.1 Å². The Kier molecular flexibility index (Phi) is 4.29. The molecule has 0 atom stereocenters. The van der Waals surface area contributed by atoms with Gasteiger partial charge in [0, 0.05) is 13.3 Å². The number of nitrogens with zero attached hydrogens (tertiary/aromatic N) is 2. The maximum atomic E-state index is 12.9. The lowest BCUT2D eigenvalue weighted by atomic mass is 10.3. The summed E-state index contributed by atoms with van der Waals surface area (Å²) in [5.74, 6) is -0.586. The second-order valence-electron chi connectivity index (χ2n) is 4.05. The quantitative estimate of drug-likeness (QED) is 0.792. The number of hydrogen-bond donors (Lipinski definition) is 0. The van der Waals surface area contributed by atoms with Gasteiger partial charge in [-0.15, -0.1) is 0 Å². The van der Waals surface area contributed by atoms with Gasteiger partial charge in [0.1, 0.15) is 11.3 Å². The molecular weight excluding hydrogens is 270 g/mol. The highest BCUT2D eigenvalue weighted by atomic mass is 19.3. The molecule has 0 amide bonds. The standard InChI is InChI=1S/C13H14F2N2O3/c1-3-20-13(18)9-4-5-17-8(7-19-2)6-10(11(14)15)16-12(9)17/h4-6,11H,3,7H2,1-2H3. The van der Waals surface area contributed by atoms with E-state index in [2.05, 4.69) is 4.98 Å². The van der Waals surface area contributed by atoms with Gasteiger partial charge < -0.3 is 13.9 Å². The summed E-state index contributed by atoms with van der Waals surface area (Å²) >= 11 is 0. The van der Waals surface area contributed by atoms with Crippen molar-refractivity contribution in [2.24, 2.45) is 0 Å². The molecule has 2 rings (SSSR count). The predicted octanol–water partition coefficient (Wildman–Crippen LogP) is 2.60. The Balaban J connectivity index is 2.60. The van der Waals surface area contributed by atoms with Crippen molar-refractivity contribution in [2.75, 3.05) is 13.7 Å². The molecule has 20 heavy (non-hydrogen) atoms. The number of alkyl halides is 2. The summed E-state index contributed by atoms with van der Waals surface area (Å²) < 4.78 is 37.2. The number of aromatic nitrogens is 2. The third kappa shape index (κ3) is 2.62. The molecule has 2 heterocycles. The average Bonchev–Trinajstić information content (AvgIpc) is 2.83. The first-order valence-corrected chi connectivity index (χ1v) is 6.03. The molecular formula is C13H14F2N2O3. The summed E-state index contributed by atoms with van der Waals surface area (Å²) in [6.07, 6.45) is -1.14. The zero-order chi connectivity index (χ0) is 14.7. The Morgan fingerprint density at radius 2 is 2.25 bits per heavy atom. The smallest absolute Gasteiger partial charge is 0.341 e. The average molecular weight is 284 g/mol. The van der Waals surface area contributed by atoms with Crippen molar-refractivity contribution in [2.45, 2.75) is 20.0 Å². The lowest BCUT2D eigenvalue weighted by Gasteiger charge is -2.09. The van der Waals surface area contributed by atoms with Gasteiger partial charge in [0.15, 0.2) is 5.65 Å². The lowest BCUT2D eigenvalue weighted by Crippen LogP contribution is -2.08. The van der Waals surface area contributed by atoms with E-state index in [1.807, 2.05) is 0 Å². The predicted molar refractivity (Wildman–Crippen MR) is 66.8 cm³/mol. The third-order valence-electron chi connectivity index (χ3n) is 2.73. The summed E-state index contributed by atoms with van der Waals surface area (Å²) in [6, 6.07) is 2.75. The van der Waals surface area contributed by atoms with Crippen LogP contribution in [0.2, 0.25) is 0 Å². The number of fused-ring (bicyclic) bond motifs is 1. The van der Waals surface area contributed by atoms with E-state index >= 15 is 0 Å². The molecule has 0 spiro atoms. The van der Waals surface area contributed by atoms with Gasteiger partial charge in [0.25, 0.3) is 6.43 Å². The van der Waals surface area contributed by atoms with E-state index in [1.54, 1.807) is 17.5 Å². The van der Waals surface area contributed by atoms with E-state index in [4.69, 9.17) is 9.47 Å². The molecule has 0 unspecified atom stereocenters. The van der Waals surface area contributed by atoms with Gasteiger partial charge >= 0.3 is 5.97 Å². The number of carbonyl (C=O) groups excluding carboxylic acids is 1. The monoisotopic (exact) mass is 284 g/mol. The van der Waals surface area contributed by atoms with Crippen molar-refractivity contribution < 1.29 is 23.0 Å². The fraction of sp³-hybridized carbons (Fsp3) is 0.385. The SMILES string of the molecule is CCOC(=O)c1ccn2c(COC)cc(C(F)F)nc12. The van der Waals surface area contributed by atoms with Crippen LogP contribution < -0.4 is 0 Å². The minimum Gasteiger partial charge on any atom is -0.462 e. The summed E-state index contributed by atoms with van der Waals surface area (Å²) in [5, 5.41) is 0. The van der Waals surface area contributed by atoms with E-state index in [0.717, 1.165) is 0 Å². The van der Waals surface area contributed by atoms with Crippen molar-refractivity contribution in [3.05, 3.63) is 35.3 Å². The minimum atomic E-state index is -2.72. The number of rotatable bonds is 5. The van der Waals surface area contributed by atoms with E-state index in [9.17, 15) is 13.6 Å². The Morgan fingerprint density at radius 3 is 2.85 bits per heavy atom. The van der Waals surface area contributed by atoms with Crippen LogP contribution in [-0.2, 0) is 16.1 Å². The first kappa shape index (κ1) is 14.4. The van der Waals surface area contributed by atoms with Crippen LogP contribution in [-0.4, -0.2) is 29.1 Å². The molecule has 2 aromatic heterocycles. The Hall–Kier alpha value is -2.02. The van der Waals surface area contributed by atoms with Gasteiger partial charge in [0.2, 0.25) is 0 Å². The van der Waals surface area contributed by atoms with Crippen molar-refractivity contribution in [1.29, 1.82) is 0 Å². The lowest BCUT2D eigenvalue weighted by molar-refractivity contribution is 0.0528. The zero-order valence-electron chi connectivity index (χ0n) is 11.1. The molecule has 5 nitrogen and oxygen atoms in total. The molecule has 7 heteroatoms. The van der Waals surface area contributed by atoms with Crippen LogP contribution >= 0.6 is 0 Å². The molecule has 0 aliphatic rings. The molecule has 0 aromatic carbocycles. The van der Waals surface area contributed by atoms with Crippen molar-refractivity contribution >= 4 is 11.6 Å². The van der Waals surface area contributed by atoms with E-state index in [0.29, 0.717) is 5.69 Å². The minimum absolute atomic E-state index is 0.135. The largest absolute Gasteiger partial charge is 0.462 e. The van der Waals surface area contributed by atoms with E-state index in [1.165, 1.54) is 19.2 Å². The normalized spacial score (nSPS) is 11.2. The van der Waals surface area contributed by atoms with Gasteiger partial charge in [-0.3, -0.25) is 0 Å². The first-order chi connectivity index (χ1) is 9.58. The maximum Gasteiger partial charge on any atom is 0.341 e. The van der Waals surface area contributed by atoms with Crippen LogP contribution in [0.15, 0.2) is 18.3 Å². The number of methoxy groups -OCH3 is 1. The first-order valence-electron chi connectivity index (χ1n) is 6.03. The third-order valence-corrected chi connectivity index (χ3v) is 2.73. The highest BCUT2D eigenvalue weighted by molar-refractivity contribution is 5.96. The number of halogens is 2. The molecule has 0 aliphatic heterocycles. The molecule has 0 saturated heterocycles. The Bertz CT molecular complexity index is 625. The summed E-state index contributed by atoms with van der Waals surface area (Å²) in [4.78, 5) is 15.6. The fourth-order valence-corrected chi connectivity index (χ4v) is 1.90. The molecule has 0 radical (unpaired) electrons. The molecule has 2 aromatic rings. The van der Waals surface area contributed by atoms with Crippen molar-refractivity contribution in [1.82, 2.24) is 9.38 Å². The summed E-state index contributed by atoms with van der Waals surface area (Å²) in [5.41, 5.74) is 0.400. The van der Waals surface area contributed by atoms with Crippen LogP contribution in [0.4, 0.5) is 8.78 Å².